The smallest absolute Gasteiger partial charge is 0.323 e. The molecule has 16 heavy (non-hydrogen) atoms. The number of carbonyl (C=O) groups is 1. The van der Waals surface area contributed by atoms with Gasteiger partial charge in [0.2, 0.25) is 0 Å². The summed E-state index contributed by atoms with van der Waals surface area (Å²) in [5.74, 6) is -0.125. The monoisotopic (exact) mass is 219 g/mol. The second-order valence-corrected chi connectivity index (χ2v) is 4.25. The van der Waals surface area contributed by atoms with Crippen molar-refractivity contribution < 1.29 is 9.53 Å². The minimum Gasteiger partial charge on any atom is -0.464 e. The Morgan fingerprint density at radius 2 is 2.19 bits per heavy atom. The van der Waals surface area contributed by atoms with E-state index in [0.29, 0.717) is 6.61 Å². The molecular weight excluding hydrogens is 202 g/mol. The van der Waals surface area contributed by atoms with Crippen molar-refractivity contribution in [1.29, 1.82) is 0 Å². The molecule has 0 radical (unpaired) electrons. The highest BCUT2D eigenvalue weighted by atomic mass is 16.5. The van der Waals surface area contributed by atoms with Crippen LogP contribution >= 0.6 is 0 Å². The van der Waals surface area contributed by atoms with E-state index in [0.717, 1.165) is 6.42 Å². The molecule has 2 unspecified atom stereocenters. The first-order valence-electron chi connectivity index (χ1n) is 5.66. The molecule has 1 N–H and O–H groups in total. The van der Waals surface area contributed by atoms with E-state index in [1.165, 1.54) is 11.1 Å². The van der Waals surface area contributed by atoms with Gasteiger partial charge in [-0.3, -0.25) is 10.1 Å². The second-order valence-electron chi connectivity index (χ2n) is 4.25. The second kappa shape index (κ2) is 4.66. The highest BCUT2D eigenvalue weighted by Crippen LogP contribution is 2.19. The van der Waals surface area contributed by atoms with Crippen LogP contribution in [0, 0.1) is 6.92 Å². The molecule has 0 aliphatic carbocycles. The normalized spacial score (nSPS) is 21.9. The van der Waals surface area contributed by atoms with Gasteiger partial charge < -0.3 is 4.74 Å². The van der Waals surface area contributed by atoms with Crippen molar-refractivity contribution in [3.8, 4) is 0 Å². The summed E-state index contributed by atoms with van der Waals surface area (Å²) in [4.78, 5) is 11.3. The number of nitrogens with one attached hydrogen (secondary N) is 1. The number of rotatable bonds is 3. The largest absolute Gasteiger partial charge is 0.464 e. The maximum Gasteiger partial charge on any atom is 0.323 e. The van der Waals surface area contributed by atoms with Crippen LogP contribution in [-0.2, 0) is 9.53 Å². The number of benzene rings is 1. The maximum atomic E-state index is 11.3. The van der Waals surface area contributed by atoms with Gasteiger partial charge in [0.25, 0.3) is 0 Å². The van der Waals surface area contributed by atoms with E-state index < -0.39 is 0 Å². The molecule has 3 nitrogen and oxygen atoms in total. The van der Waals surface area contributed by atoms with Crippen molar-refractivity contribution in [1.82, 2.24) is 5.32 Å². The number of esters is 1. The third-order valence-corrected chi connectivity index (χ3v) is 3.04. The van der Waals surface area contributed by atoms with E-state index in [1.807, 2.05) is 12.1 Å². The topological polar surface area (TPSA) is 38.3 Å². The fourth-order valence-corrected chi connectivity index (χ4v) is 2.11. The van der Waals surface area contributed by atoms with Crippen LogP contribution in [0.2, 0.25) is 0 Å². The molecule has 0 amide bonds. The Balaban J connectivity index is 2.05. The van der Waals surface area contributed by atoms with Crippen molar-refractivity contribution >= 4 is 5.97 Å². The molecule has 1 fully saturated rings. The zero-order valence-corrected chi connectivity index (χ0v) is 9.69. The lowest BCUT2D eigenvalue weighted by molar-refractivity contribution is -0.139. The molecule has 1 aliphatic heterocycles. The van der Waals surface area contributed by atoms with Crippen LogP contribution in [0.3, 0.4) is 0 Å². The summed E-state index contributed by atoms with van der Waals surface area (Å²) >= 11 is 0. The summed E-state index contributed by atoms with van der Waals surface area (Å²) in [6, 6.07) is 8.25. The van der Waals surface area contributed by atoms with Gasteiger partial charge in [0.15, 0.2) is 0 Å². The maximum absolute atomic E-state index is 11.3. The van der Waals surface area contributed by atoms with Crippen LogP contribution in [-0.4, -0.2) is 18.6 Å². The fourth-order valence-electron chi connectivity index (χ4n) is 2.11. The lowest BCUT2D eigenvalue weighted by Crippen LogP contribution is -2.35. The van der Waals surface area contributed by atoms with E-state index in [1.54, 1.807) is 0 Å². The highest BCUT2D eigenvalue weighted by Gasteiger charge is 2.27. The van der Waals surface area contributed by atoms with E-state index in [9.17, 15) is 4.79 Å². The van der Waals surface area contributed by atoms with Crippen molar-refractivity contribution in [2.24, 2.45) is 0 Å². The molecule has 2 rings (SSSR count). The van der Waals surface area contributed by atoms with Gasteiger partial charge in [0.1, 0.15) is 6.04 Å². The van der Waals surface area contributed by atoms with Crippen molar-refractivity contribution in [3.05, 3.63) is 35.4 Å². The first-order chi connectivity index (χ1) is 7.68. The standard InChI is InChI=1S/C13H17NO2/c1-9-5-3-4-6-11(9)10(2)14-12-7-8-16-13(12)15/h3-6,10,12,14H,7-8H2,1-2H3. The molecule has 0 bridgehead atoms. The molecular formula is C13H17NO2. The Kier molecular flexibility index (Phi) is 3.25. The van der Waals surface area contributed by atoms with Gasteiger partial charge in [-0.15, -0.1) is 0 Å². The lowest BCUT2D eigenvalue weighted by Gasteiger charge is -2.18. The Hall–Kier alpha value is -1.35. The van der Waals surface area contributed by atoms with E-state index in [-0.39, 0.29) is 18.1 Å². The first-order valence-corrected chi connectivity index (χ1v) is 5.66. The summed E-state index contributed by atoms with van der Waals surface area (Å²) in [5.41, 5.74) is 2.48. The molecule has 2 atom stereocenters. The fraction of sp³-hybridized carbons (Fsp3) is 0.462. The highest BCUT2D eigenvalue weighted by molar-refractivity contribution is 5.77. The molecule has 1 aromatic carbocycles. The van der Waals surface area contributed by atoms with Gasteiger partial charge in [0.05, 0.1) is 6.61 Å². The SMILES string of the molecule is Cc1ccccc1C(C)NC1CCOC1=O. The van der Waals surface area contributed by atoms with Crippen molar-refractivity contribution in [2.45, 2.75) is 32.4 Å². The molecule has 1 aliphatic rings. The number of carbonyl (C=O) groups excluding carboxylic acids is 1. The minimum absolute atomic E-state index is 0.125. The quantitative estimate of drug-likeness (QED) is 0.790. The molecule has 0 saturated carbocycles. The summed E-state index contributed by atoms with van der Waals surface area (Å²) in [6.07, 6.45) is 0.773. The molecule has 1 heterocycles. The predicted octanol–water partition coefficient (Wildman–Crippen LogP) is 1.96. The first kappa shape index (κ1) is 11.1. The van der Waals surface area contributed by atoms with Crippen molar-refractivity contribution in [3.63, 3.8) is 0 Å². The third-order valence-electron chi connectivity index (χ3n) is 3.04. The van der Waals surface area contributed by atoms with Gasteiger partial charge >= 0.3 is 5.97 Å². The number of hydrogen-bond acceptors (Lipinski definition) is 3. The molecule has 1 aromatic rings. The summed E-state index contributed by atoms with van der Waals surface area (Å²) in [5, 5.41) is 3.31. The average Bonchev–Trinajstić information content (AvgIpc) is 2.65. The summed E-state index contributed by atoms with van der Waals surface area (Å²) in [6.45, 7) is 4.70. The van der Waals surface area contributed by atoms with Gasteiger partial charge in [-0.25, -0.2) is 0 Å². The van der Waals surface area contributed by atoms with E-state index in [4.69, 9.17) is 4.74 Å². The van der Waals surface area contributed by atoms with E-state index >= 15 is 0 Å². The van der Waals surface area contributed by atoms with Gasteiger partial charge in [-0.2, -0.15) is 0 Å². The van der Waals surface area contributed by atoms with E-state index in [2.05, 4.69) is 31.3 Å². The Morgan fingerprint density at radius 3 is 2.81 bits per heavy atom. The van der Waals surface area contributed by atoms with Crippen LogP contribution in [0.5, 0.6) is 0 Å². The summed E-state index contributed by atoms with van der Waals surface area (Å²) in [7, 11) is 0. The third kappa shape index (κ3) is 2.25. The number of hydrogen-bond donors (Lipinski definition) is 1. The van der Waals surface area contributed by atoms with Crippen LogP contribution in [0.15, 0.2) is 24.3 Å². The molecule has 1 saturated heterocycles. The zero-order valence-electron chi connectivity index (χ0n) is 9.69. The van der Waals surface area contributed by atoms with Crippen LogP contribution in [0.1, 0.15) is 30.5 Å². The van der Waals surface area contributed by atoms with Gasteiger partial charge in [-0.1, -0.05) is 24.3 Å². The molecule has 0 spiro atoms. The van der Waals surface area contributed by atoms with Crippen LogP contribution < -0.4 is 5.32 Å². The van der Waals surface area contributed by atoms with Gasteiger partial charge in [0, 0.05) is 12.5 Å². The van der Waals surface area contributed by atoms with Crippen LogP contribution in [0.4, 0.5) is 0 Å². The Morgan fingerprint density at radius 1 is 1.44 bits per heavy atom. The number of aryl methyl sites for hydroxylation is 1. The predicted molar refractivity (Wildman–Crippen MR) is 62.1 cm³/mol. The van der Waals surface area contributed by atoms with Gasteiger partial charge in [-0.05, 0) is 25.0 Å². The molecule has 0 aromatic heterocycles. The number of cyclic esters (lactones) is 1. The molecule has 3 heteroatoms. The average molecular weight is 219 g/mol. The van der Waals surface area contributed by atoms with Crippen LogP contribution in [0.25, 0.3) is 0 Å². The molecule has 86 valence electrons. The number of ether oxygens (including phenoxy) is 1. The Labute approximate surface area is 95.8 Å². The zero-order chi connectivity index (χ0) is 11.5. The lowest BCUT2D eigenvalue weighted by atomic mass is 10.0. The van der Waals surface area contributed by atoms with Crippen molar-refractivity contribution in [2.75, 3.05) is 6.61 Å². The Bertz CT molecular complexity index is 389. The minimum atomic E-state index is -0.144. The summed E-state index contributed by atoms with van der Waals surface area (Å²) < 4.78 is 4.93.